The van der Waals surface area contributed by atoms with Gasteiger partial charge in [0.05, 0.1) is 5.56 Å². The maximum absolute atomic E-state index is 11.7. The Hall–Kier alpha value is -4.07. The smallest absolute Gasteiger partial charge is 0.336 e. The molecule has 0 bridgehead atoms. The lowest BCUT2D eigenvalue weighted by Gasteiger charge is -2.11. The fourth-order valence-corrected chi connectivity index (χ4v) is 2.55. The van der Waals surface area contributed by atoms with Gasteiger partial charge in [-0.2, -0.15) is 0 Å². The molecule has 5 N–H and O–H groups in total. The number of nitrogen functional groups attached to an aromatic ring is 2. The minimum atomic E-state index is -1.13. The molecule has 0 saturated carbocycles. The molecule has 0 aromatic heterocycles. The molecule has 0 atom stereocenters. The molecule has 156 valence electrons. The van der Waals surface area contributed by atoms with Crippen LogP contribution in [0.1, 0.15) is 22.8 Å². The molecule has 0 aliphatic heterocycles. The van der Waals surface area contributed by atoms with E-state index in [1.54, 1.807) is 24.3 Å². The van der Waals surface area contributed by atoms with Crippen molar-refractivity contribution in [3.63, 3.8) is 0 Å². The number of carbonyl (C=O) groups excluding carboxylic acids is 2. The lowest BCUT2D eigenvalue weighted by molar-refractivity contribution is -0.146. The monoisotopic (exact) mass is 410 g/mol. The Labute approximate surface area is 173 Å². The number of hydrogen-bond donors (Lipinski definition) is 3. The van der Waals surface area contributed by atoms with Crippen molar-refractivity contribution in [3.05, 3.63) is 65.8 Å². The molecule has 2 aromatic rings. The summed E-state index contributed by atoms with van der Waals surface area (Å²) in [5, 5.41) is 9.42. The lowest BCUT2D eigenvalue weighted by Crippen LogP contribution is -2.12. The Bertz CT molecular complexity index is 1010. The van der Waals surface area contributed by atoms with Gasteiger partial charge in [-0.15, -0.1) is 0 Å². The van der Waals surface area contributed by atoms with Gasteiger partial charge in [0.25, 0.3) is 0 Å². The van der Waals surface area contributed by atoms with E-state index < -0.39 is 17.9 Å². The largest absolute Gasteiger partial charge is 0.478 e. The van der Waals surface area contributed by atoms with Gasteiger partial charge < -0.3 is 26.0 Å². The number of ether oxygens (including phenoxy) is 2. The highest BCUT2D eigenvalue weighted by atomic mass is 16.6. The van der Waals surface area contributed by atoms with E-state index in [1.807, 2.05) is 0 Å². The second-order valence-electron chi connectivity index (χ2n) is 6.38. The van der Waals surface area contributed by atoms with E-state index in [1.165, 1.54) is 31.2 Å². The van der Waals surface area contributed by atoms with Crippen molar-refractivity contribution in [2.75, 3.05) is 24.7 Å². The van der Waals surface area contributed by atoms with Gasteiger partial charge in [-0.05, 0) is 36.3 Å². The average molecular weight is 410 g/mol. The molecule has 2 aromatic carbocycles. The lowest BCUT2D eigenvalue weighted by atomic mass is 9.96. The standard InChI is InChI=1S/C22H22N2O6/c1-13(2)22(28)30-10-9-29-19(25)8-5-14-3-6-15(7-4-14)20-17(21(26)27)11-16(23)12-18(20)24/h3-8,11-12H,1,9-10,23-24H2,2H3,(H,26,27). The van der Waals surface area contributed by atoms with Crippen molar-refractivity contribution in [1.29, 1.82) is 0 Å². The summed E-state index contributed by atoms with van der Waals surface area (Å²) in [6.45, 7) is 4.83. The van der Waals surface area contributed by atoms with Gasteiger partial charge in [0.15, 0.2) is 0 Å². The van der Waals surface area contributed by atoms with Gasteiger partial charge in [-0.1, -0.05) is 30.8 Å². The predicted molar refractivity (Wildman–Crippen MR) is 113 cm³/mol. The van der Waals surface area contributed by atoms with Gasteiger partial charge in [-0.3, -0.25) is 0 Å². The number of benzene rings is 2. The van der Waals surface area contributed by atoms with Crippen LogP contribution in [0.25, 0.3) is 17.2 Å². The van der Waals surface area contributed by atoms with Crippen LogP contribution in [0.2, 0.25) is 0 Å². The van der Waals surface area contributed by atoms with Crippen LogP contribution >= 0.6 is 0 Å². The van der Waals surface area contributed by atoms with E-state index in [0.717, 1.165) is 0 Å². The molecular formula is C22H22N2O6. The molecule has 0 aliphatic rings. The third-order valence-electron chi connectivity index (χ3n) is 3.94. The second-order valence-corrected chi connectivity index (χ2v) is 6.38. The fraction of sp³-hybridized carbons (Fsp3) is 0.136. The highest BCUT2D eigenvalue weighted by Gasteiger charge is 2.16. The molecule has 0 radical (unpaired) electrons. The van der Waals surface area contributed by atoms with Crippen LogP contribution in [0.5, 0.6) is 0 Å². The predicted octanol–water partition coefficient (Wildman–Crippen LogP) is 2.89. The van der Waals surface area contributed by atoms with Crippen molar-refractivity contribution >= 4 is 35.4 Å². The summed E-state index contributed by atoms with van der Waals surface area (Å²) in [5.41, 5.74) is 14.1. The summed E-state index contributed by atoms with van der Waals surface area (Å²) in [5.74, 6) is -2.28. The Morgan fingerprint density at radius 1 is 1.07 bits per heavy atom. The van der Waals surface area contributed by atoms with Crippen LogP contribution in [0, 0.1) is 0 Å². The molecule has 30 heavy (non-hydrogen) atoms. The summed E-state index contributed by atoms with van der Waals surface area (Å²) in [7, 11) is 0. The van der Waals surface area contributed by atoms with Crippen molar-refractivity contribution < 1.29 is 29.0 Å². The molecule has 8 heteroatoms. The summed E-state index contributed by atoms with van der Waals surface area (Å²) in [6.07, 6.45) is 2.77. The van der Waals surface area contributed by atoms with E-state index >= 15 is 0 Å². The zero-order valence-corrected chi connectivity index (χ0v) is 16.4. The van der Waals surface area contributed by atoms with Crippen LogP contribution < -0.4 is 11.5 Å². The van der Waals surface area contributed by atoms with Crippen molar-refractivity contribution in [1.82, 2.24) is 0 Å². The van der Waals surface area contributed by atoms with Crippen LogP contribution in [-0.4, -0.2) is 36.2 Å². The Morgan fingerprint density at radius 2 is 1.70 bits per heavy atom. The summed E-state index contributed by atoms with van der Waals surface area (Å²) < 4.78 is 9.75. The van der Waals surface area contributed by atoms with Gasteiger partial charge >= 0.3 is 17.9 Å². The molecular weight excluding hydrogens is 388 g/mol. The molecule has 0 aliphatic carbocycles. The SMILES string of the molecule is C=C(C)C(=O)OCCOC(=O)C=Cc1ccc(-c2c(N)cc(N)cc2C(=O)O)cc1. The molecule has 2 rings (SSSR count). The zero-order chi connectivity index (χ0) is 22.3. The molecule has 0 saturated heterocycles. The molecule has 0 spiro atoms. The first-order valence-corrected chi connectivity index (χ1v) is 8.89. The third kappa shape index (κ3) is 5.96. The molecule has 8 nitrogen and oxygen atoms in total. The number of carboxylic acid groups (broad SMARTS) is 1. The van der Waals surface area contributed by atoms with Crippen LogP contribution in [0.4, 0.5) is 11.4 Å². The highest BCUT2D eigenvalue weighted by Crippen LogP contribution is 2.32. The van der Waals surface area contributed by atoms with E-state index in [2.05, 4.69) is 6.58 Å². The number of esters is 2. The number of anilines is 2. The topological polar surface area (TPSA) is 142 Å². The molecule has 0 unspecified atom stereocenters. The number of hydrogen-bond acceptors (Lipinski definition) is 7. The van der Waals surface area contributed by atoms with Gasteiger partial charge in [0.1, 0.15) is 13.2 Å². The Morgan fingerprint density at radius 3 is 2.30 bits per heavy atom. The van der Waals surface area contributed by atoms with Crippen molar-refractivity contribution in [2.24, 2.45) is 0 Å². The van der Waals surface area contributed by atoms with Gasteiger partial charge in [0, 0.05) is 28.6 Å². The second kappa shape index (κ2) is 9.92. The number of nitrogens with two attached hydrogens (primary N) is 2. The summed E-state index contributed by atoms with van der Waals surface area (Å²) >= 11 is 0. The molecule has 0 heterocycles. The fourth-order valence-electron chi connectivity index (χ4n) is 2.55. The minimum Gasteiger partial charge on any atom is -0.478 e. The first-order valence-electron chi connectivity index (χ1n) is 8.89. The first kappa shape index (κ1) is 22.2. The number of carboxylic acids is 1. The minimum absolute atomic E-state index is 0.00622. The quantitative estimate of drug-likeness (QED) is 0.261. The maximum Gasteiger partial charge on any atom is 0.336 e. The highest BCUT2D eigenvalue weighted by molar-refractivity contribution is 6.01. The third-order valence-corrected chi connectivity index (χ3v) is 3.94. The normalized spacial score (nSPS) is 10.6. The van der Waals surface area contributed by atoms with Crippen molar-refractivity contribution in [3.8, 4) is 11.1 Å². The Balaban J connectivity index is 2.02. The summed E-state index contributed by atoms with van der Waals surface area (Å²) in [4.78, 5) is 34.4. The van der Waals surface area contributed by atoms with E-state index in [-0.39, 0.29) is 35.7 Å². The maximum atomic E-state index is 11.7. The van der Waals surface area contributed by atoms with E-state index in [4.69, 9.17) is 20.9 Å². The van der Waals surface area contributed by atoms with Gasteiger partial charge in [0.2, 0.25) is 0 Å². The Kier molecular flexibility index (Phi) is 7.35. The van der Waals surface area contributed by atoms with Crippen LogP contribution in [0.15, 0.2) is 54.6 Å². The average Bonchev–Trinajstić information content (AvgIpc) is 2.69. The van der Waals surface area contributed by atoms with Crippen LogP contribution in [0.3, 0.4) is 0 Å². The molecule has 0 amide bonds. The number of carbonyl (C=O) groups is 3. The summed E-state index contributed by atoms with van der Waals surface area (Å²) in [6, 6.07) is 9.64. The van der Waals surface area contributed by atoms with Crippen LogP contribution in [-0.2, 0) is 19.1 Å². The first-order chi connectivity index (χ1) is 14.2. The zero-order valence-electron chi connectivity index (χ0n) is 16.4. The number of aromatic carboxylic acids is 1. The number of rotatable bonds is 8. The van der Waals surface area contributed by atoms with Gasteiger partial charge in [-0.25, -0.2) is 14.4 Å². The molecule has 0 fully saturated rings. The van der Waals surface area contributed by atoms with E-state index in [9.17, 15) is 19.5 Å². The van der Waals surface area contributed by atoms with E-state index in [0.29, 0.717) is 16.7 Å². The van der Waals surface area contributed by atoms with Crippen molar-refractivity contribution in [2.45, 2.75) is 6.92 Å².